The summed E-state index contributed by atoms with van der Waals surface area (Å²) in [6.45, 7) is 4.26. The third kappa shape index (κ3) is 3.96. The number of rotatable bonds is 5. The lowest BCUT2D eigenvalue weighted by molar-refractivity contribution is 0.452. The Kier molecular flexibility index (Phi) is 5.72. The van der Waals surface area contributed by atoms with Crippen LogP contribution in [0.5, 0.6) is 0 Å². The van der Waals surface area contributed by atoms with E-state index in [1.807, 2.05) is 17.8 Å². The van der Waals surface area contributed by atoms with Gasteiger partial charge in [-0.15, -0.1) is 0 Å². The van der Waals surface area contributed by atoms with Crippen LogP contribution in [0.25, 0.3) is 0 Å². The topological polar surface area (TPSA) is 12.0 Å². The van der Waals surface area contributed by atoms with Gasteiger partial charge in [-0.2, -0.15) is 11.8 Å². The third-order valence-electron chi connectivity index (χ3n) is 3.72. The molecule has 1 aromatic carbocycles. The van der Waals surface area contributed by atoms with Crippen molar-refractivity contribution in [1.29, 1.82) is 0 Å². The lowest BCUT2D eigenvalue weighted by atomic mass is 10.1. The highest BCUT2D eigenvalue weighted by Gasteiger charge is 2.28. The molecule has 1 aliphatic carbocycles. The molecule has 4 heteroatoms. The van der Waals surface area contributed by atoms with Gasteiger partial charge in [0, 0.05) is 27.4 Å². The summed E-state index contributed by atoms with van der Waals surface area (Å²) in [5, 5.41) is 4.30. The van der Waals surface area contributed by atoms with Crippen LogP contribution in [-0.4, -0.2) is 17.0 Å². The van der Waals surface area contributed by atoms with Crippen molar-refractivity contribution in [1.82, 2.24) is 5.32 Å². The molecule has 1 saturated carbocycles. The maximum atomic E-state index is 13.9. The summed E-state index contributed by atoms with van der Waals surface area (Å²) in [7, 11) is 0. The van der Waals surface area contributed by atoms with E-state index in [9.17, 15) is 4.39 Å². The van der Waals surface area contributed by atoms with Gasteiger partial charge in [0.2, 0.25) is 0 Å². The third-order valence-corrected chi connectivity index (χ3v) is 5.54. The van der Waals surface area contributed by atoms with Crippen molar-refractivity contribution in [2.45, 2.75) is 50.4 Å². The minimum Gasteiger partial charge on any atom is -0.306 e. The van der Waals surface area contributed by atoms with Crippen LogP contribution < -0.4 is 5.32 Å². The van der Waals surface area contributed by atoms with Crippen molar-refractivity contribution >= 4 is 27.7 Å². The molecular formula is C15H21BrFNS. The van der Waals surface area contributed by atoms with E-state index >= 15 is 0 Å². The van der Waals surface area contributed by atoms with E-state index in [4.69, 9.17) is 0 Å². The molecule has 0 aromatic heterocycles. The van der Waals surface area contributed by atoms with Gasteiger partial charge in [-0.3, -0.25) is 0 Å². The fourth-order valence-corrected chi connectivity index (χ4v) is 4.37. The van der Waals surface area contributed by atoms with Crippen molar-refractivity contribution < 1.29 is 4.39 Å². The Hall–Kier alpha value is -0.0600. The van der Waals surface area contributed by atoms with Crippen LogP contribution in [0, 0.1) is 5.82 Å². The molecule has 3 atom stereocenters. The lowest BCUT2D eigenvalue weighted by Crippen LogP contribution is -2.36. The first-order chi connectivity index (χ1) is 9.11. The number of benzene rings is 1. The second-order valence-electron chi connectivity index (χ2n) is 5.09. The quantitative estimate of drug-likeness (QED) is 0.813. The molecular weight excluding hydrogens is 325 g/mol. The zero-order valence-corrected chi connectivity index (χ0v) is 13.9. The van der Waals surface area contributed by atoms with Crippen LogP contribution in [0.15, 0.2) is 22.7 Å². The van der Waals surface area contributed by atoms with Gasteiger partial charge >= 0.3 is 0 Å². The van der Waals surface area contributed by atoms with Gasteiger partial charge in [-0.25, -0.2) is 4.39 Å². The first-order valence-corrected chi connectivity index (χ1v) is 8.78. The Morgan fingerprint density at radius 2 is 2.26 bits per heavy atom. The summed E-state index contributed by atoms with van der Waals surface area (Å²) < 4.78 is 14.8. The van der Waals surface area contributed by atoms with E-state index in [1.165, 1.54) is 25.3 Å². The smallest absolute Gasteiger partial charge is 0.128 e. The highest BCUT2D eigenvalue weighted by molar-refractivity contribution is 9.10. The van der Waals surface area contributed by atoms with Crippen LogP contribution >= 0.6 is 27.7 Å². The maximum absolute atomic E-state index is 13.9. The van der Waals surface area contributed by atoms with E-state index in [2.05, 4.69) is 35.1 Å². The summed E-state index contributed by atoms with van der Waals surface area (Å²) in [4.78, 5) is 0. The average Bonchev–Trinajstić information content (AvgIpc) is 2.80. The molecule has 0 bridgehead atoms. The van der Waals surface area contributed by atoms with Crippen LogP contribution in [0.3, 0.4) is 0 Å². The number of halogens is 2. The van der Waals surface area contributed by atoms with Gasteiger partial charge in [-0.1, -0.05) is 29.3 Å². The summed E-state index contributed by atoms with van der Waals surface area (Å²) in [6.07, 6.45) is 3.77. The highest BCUT2D eigenvalue weighted by Crippen LogP contribution is 2.32. The molecule has 0 spiro atoms. The molecule has 1 aliphatic rings. The Balaban J connectivity index is 2.03. The van der Waals surface area contributed by atoms with E-state index in [0.29, 0.717) is 11.3 Å². The fourth-order valence-electron chi connectivity index (χ4n) is 2.79. The molecule has 0 radical (unpaired) electrons. The maximum Gasteiger partial charge on any atom is 0.128 e. The number of thioether (sulfide) groups is 1. The van der Waals surface area contributed by atoms with Crippen LogP contribution in [0.1, 0.15) is 44.7 Å². The highest BCUT2D eigenvalue weighted by atomic mass is 79.9. The Bertz CT molecular complexity index is 427. The Labute approximate surface area is 127 Å². The zero-order chi connectivity index (χ0) is 13.8. The van der Waals surface area contributed by atoms with Crippen molar-refractivity contribution in [2.24, 2.45) is 0 Å². The van der Waals surface area contributed by atoms with E-state index < -0.39 is 0 Å². The monoisotopic (exact) mass is 345 g/mol. The first-order valence-electron chi connectivity index (χ1n) is 6.94. The SMILES string of the molecule is CCSC1CCCC1NC(C)c1cc(Br)ccc1F. The largest absolute Gasteiger partial charge is 0.306 e. The minimum absolute atomic E-state index is 0.0561. The molecule has 0 amide bonds. The Morgan fingerprint density at radius 1 is 1.47 bits per heavy atom. The van der Waals surface area contributed by atoms with Crippen LogP contribution in [0.2, 0.25) is 0 Å². The standard InChI is InChI=1S/C15H21BrFNS/c1-3-19-15-6-4-5-14(15)18-10(2)12-9-11(16)7-8-13(12)17/h7-10,14-15,18H,3-6H2,1-2H3. The predicted molar refractivity (Wildman–Crippen MR) is 85.2 cm³/mol. The molecule has 0 saturated heterocycles. The van der Waals surface area contributed by atoms with Gasteiger partial charge in [0.15, 0.2) is 0 Å². The molecule has 1 nitrogen and oxygen atoms in total. The van der Waals surface area contributed by atoms with Crippen LogP contribution in [-0.2, 0) is 0 Å². The lowest BCUT2D eigenvalue weighted by Gasteiger charge is -2.25. The van der Waals surface area contributed by atoms with Gasteiger partial charge in [0.05, 0.1) is 0 Å². The minimum atomic E-state index is -0.124. The molecule has 0 aliphatic heterocycles. The second-order valence-corrected chi connectivity index (χ2v) is 7.52. The van der Waals surface area contributed by atoms with Gasteiger partial charge in [-0.05, 0) is 43.7 Å². The van der Waals surface area contributed by atoms with Crippen molar-refractivity contribution in [3.8, 4) is 0 Å². The van der Waals surface area contributed by atoms with Gasteiger partial charge < -0.3 is 5.32 Å². The molecule has 0 heterocycles. The normalized spacial score (nSPS) is 24.6. The van der Waals surface area contributed by atoms with Crippen molar-refractivity contribution in [3.63, 3.8) is 0 Å². The fraction of sp³-hybridized carbons (Fsp3) is 0.600. The average molecular weight is 346 g/mol. The van der Waals surface area contributed by atoms with Crippen molar-refractivity contribution in [2.75, 3.05) is 5.75 Å². The van der Waals surface area contributed by atoms with Gasteiger partial charge in [0.25, 0.3) is 0 Å². The van der Waals surface area contributed by atoms with Crippen molar-refractivity contribution in [3.05, 3.63) is 34.1 Å². The van der Waals surface area contributed by atoms with Crippen LogP contribution in [0.4, 0.5) is 4.39 Å². The molecule has 106 valence electrons. The summed E-state index contributed by atoms with van der Waals surface area (Å²) in [6, 6.07) is 5.73. The summed E-state index contributed by atoms with van der Waals surface area (Å²) >= 11 is 5.44. The van der Waals surface area contributed by atoms with E-state index in [-0.39, 0.29) is 11.9 Å². The molecule has 19 heavy (non-hydrogen) atoms. The summed E-state index contributed by atoms with van der Waals surface area (Å²) in [5.41, 5.74) is 0.751. The zero-order valence-electron chi connectivity index (χ0n) is 11.5. The summed E-state index contributed by atoms with van der Waals surface area (Å²) in [5.74, 6) is 1.03. The van der Waals surface area contributed by atoms with Gasteiger partial charge in [0.1, 0.15) is 5.82 Å². The molecule has 3 unspecified atom stereocenters. The molecule has 1 fully saturated rings. The number of hydrogen-bond donors (Lipinski definition) is 1. The van der Waals surface area contributed by atoms with E-state index in [0.717, 1.165) is 15.8 Å². The predicted octanol–water partition coefficient (Wildman–Crippen LogP) is 4.91. The number of nitrogens with one attached hydrogen (secondary N) is 1. The molecule has 2 rings (SSSR count). The molecule has 1 N–H and O–H groups in total. The second kappa shape index (κ2) is 7.09. The van der Waals surface area contributed by atoms with E-state index in [1.54, 1.807) is 6.07 Å². The number of hydrogen-bond acceptors (Lipinski definition) is 2. The molecule has 1 aromatic rings. The first kappa shape index (κ1) is 15.3. The Morgan fingerprint density at radius 3 is 3.00 bits per heavy atom.